The van der Waals surface area contributed by atoms with Gasteiger partial charge in [0.15, 0.2) is 11.6 Å². The number of alkyl halides is 1. The van der Waals surface area contributed by atoms with Gasteiger partial charge < -0.3 is 4.74 Å². The molecule has 1 saturated carbocycles. The Morgan fingerprint density at radius 1 is 1.47 bits per heavy atom. The maximum absolute atomic E-state index is 13.3. The summed E-state index contributed by atoms with van der Waals surface area (Å²) < 4.78 is 18.9. The summed E-state index contributed by atoms with van der Waals surface area (Å²) in [6.45, 7) is 2.54. The fraction of sp³-hybridized carbons (Fsp3) is 0.500. The van der Waals surface area contributed by atoms with Gasteiger partial charge in [0.25, 0.3) is 0 Å². The molecule has 0 unspecified atom stereocenters. The number of hydrogen-bond donors (Lipinski definition) is 0. The molecule has 2 rings (SSSR count). The van der Waals surface area contributed by atoms with E-state index in [1.165, 1.54) is 18.9 Å². The predicted octanol–water partition coefficient (Wildman–Crippen LogP) is 3.69. The number of hydrogen-bond acceptors (Lipinski definition) is 1. The van der Waals surface area contributed by atoms with Crippen LogP contribution in [0.25, 0.3) is 0 Å². The summed E-state index contributed by atoms with van der Waals surface area (Å²) in [5.41, 5.74) is 1.28. The van der Waals surface area contributed by atoms with Crippen LogP contribution in [0.3, 0.4) is 0 Å². The molecule has 1 fully saturated rings. The Balaban J connectivity index is 2.01. The lowest BCUT2D eigenvalue weighted by atomic mass is 10.2. The Morgan fingerprint density at radius 3 is 2.80 bits per heavy atom. The highest BCUT2D eigenvalue weighted by molar-refractivity contribution is 9.09. The Morgan fingerprint density at radius 2 is 2.20 bits per heavy atom. The molecule has 1 aromatic carbocycles. The van der Waals surface area contributed by atoms with Crippen LogP contribution in [-0.4, -0.2) is 11.9 Å². The number of halogens is 2. The van der Waals surface area contributed by atoms with Crippen LogP contribution in [0.5, 0.6) is 5.75 Å². The monoisotopic (exact) mass is 272 g/mol. The molecule has 1 nitrogen and oxygen atoms in total. The average molecular weight is 273 g/mol. The summed E-state index contributed by atoms with van der Waals surface area (Å²) in [5.74, 6) is 0.105. The van der Waals surface area contributed by atoms with Crippen molar-refractivity contribution in [2.45, 2.75) is 19.8 Å². The molecule has 3 heteroatoms. The second-order valence-electron chi connectivity index (χ2n) is 4.36. The first-order valence-electron chi connectivity index (χ1n) is 5.10. The topological polar surface area (TPSA) is 9.23 Å². The fourth-order valence-electron chi connectivity index (χ4n) is 1.45. The standard InChI is InChI=1S/C12H14BrFO/c1-9-2-3-10(14)11(6-9)15-8-12(7-13)4-5-12/h2-3,6H,4-5,7-8H2,1H3. The molecule has 0 N–H and O–H groups in total. The largest absolute Gasteiger partial charge is 0.490 e. The van der Waals surface area contributed by atoms with Crippen molar-refractivity contribution in [2.24, 2.45) is 5.41 Å². The van der Waals surface area contributed by atoms with E-state index in [1.807, 2.05) is 6.92 Å². The minimum absolute atomic E-state index is 0.260. The van der Waals surface area contributed by atoms with Crippen molar-refractivity contribution < 1.29 is 9.13 Å². The van der Waals surface area contributed by atoms with Crippen LogP contribution in [0.4, 0.5) is 4.39 Å². The van der Waals surface area contributed by atoms with Crippen molar-refractivity contribution in [3.63, 3.8) is 0 Å². The summed E-state index contributed by atoms with van der Waals surface area (Å²) in [6.07, 6.45) is 2.34. The Labute approximate surface area is 97.8 Å². The number of rotatable bonds is 4. The highest BCUT2D eigenvalue weighted by atomic mass is 79.9. The molecule has 0 aliphatic heterocycles. The van der Waals surface area contributed by atoms with Gasteiger partial charge >= 0.3 is 0 Å². The van der Waals surface area contributed by atoms with Gasteiger partial charge in [-0.2, -0.15) is 0 Å². The van der Waals surface area contributed by atoms with Crippen LogP contribution in [0.2, 0.25) is 0 Å². The van der Waals surface area contributed by atoms with Gasteiger partial charge in [-0.3, -0.25) is 0 Å². The molecule has 1 aromatic rings. The minimum Gasteiger partial charge on any atom is -0.490 e. The SMILES string of the molecule is Cc1ccc(F)c(OCC2(CBr)CC2)c1. The van der Waals surface area contributed by atoms with E-state index >= 15 is 0 Å². The van der Waals surface area contributed by atoms with Crippen molar-refractivity contribution >= 4 is 15.9 Å². The molecule has 0 spiro atoms. The molecular weight excluding hydrogens is 259 g/mol. The molecule has 0 radical (unpaired) electrons. The normalized spacial score (nSPS) is 17.5. The highest BCUT2D eigenvalue weighted by Gasteiger charge is 2.42. The first kappa shape index (κ1) is 10.9. The molecule has 0 amide bonds. The van der Waals surface area contributed by atoms with Crippen LogP contribution in [0, 0.1) is 18.2 Å². The quantitative estimate of drug-likeness (QED) is 0.760. The Hall–Kier alpha value is -0.570. The third kappa shape index (κ3) is 2.51. The highest BCUT2D eigenvalue weighted by Crippen LogP contribution is 2.47. The van der Waals surface area contributed by atoms with E-state index in [4.69, 9.17) is 4.74 Å². The van der Waals surface area contributed by atoms with Crippen LogP contribution < -0.4 is 4.74 Å². The van der Waals surface area contributed by atoms with Crippen LogP contribution >= 0.6 is 15.9 Å². The van der Waals surface area contributed by atoms with Crippen molar-refractivity contribution in [3.8, 4) is 5.75 Å². The smallest absolute Gasteiger partial charge is 0.165 e. The van der Waals surface area contributed by atoms with E-state index in [0.29, 0.717) is 12.4 Å². The maximum Gasteiger partial charge on any atom is 0.165 e. The van der Waals surface area contributed by atoms with Gasteiger partial charge in [-0.25, -0.2) is 4.39 Å². The van der Waals surface area contributed by atoms with E-state index in [1.54, 1.807) is 12.1 Å². The van der Waals surface area contributed by atoms with Crippen LogP contribution in [-0.2, 0) is 0 Å². The van der Waals surface area contributed by atoms with Crippen LogP contribution in [0.1, 0.15) is 18.4 Å². The van der Waals surface area contributed by atoms with Gasteiger partial charge in [0, 0.05) is 10.7 Å². The van der Waals surface area contributed by atoms with Gasteiger partial charge in [-0.1, -0.05) is 22.0 Å². The van der Waals surface area contributed by atoms with E-state index < -0.39 is 0 Å². The van der Waals surface area contributed by atoms with Crippen molar-refractivity contribution in [2.75, 3.05) is 11.9 Å². The fourth-order valence-corrected chi connectivity index (χ4v) is 2.17. The predicted molar refractivity (Wildman–Crippen MR) is 62.1 cm³/mol. The summed E-state index contributed by atoms with van der Waals surface area (Å²) in [7, 11) is 0. The molecule has 0 saturated heterocycles. The number of ether oxygens (including phenoxy) is 1. The van der Waals surface area contributed by atoms with Crippen molar-refractivity contribution in [1.82, 2.24) is 0 Å². The zero-order chi connectivity index (χ0) is 10.9. The van der Waals surface area contributed by atoms with E-state index in [2.05, 4.69) is 15.9 Å². The summed E-state index contributed by atoms with van der Waals surface area (Å²) in [6, 6.07) is 4.96. The second-order valence-corrected chi connectivity index (χ2v) is 4.92. The van der Waals surface area contributed by atoms with Crippen molar-refractivity contribution in [3.05, 3.63) is 29.6 Å². The molecular formula is C12H14BrFO. The minimum atomic E-state index is -0.272. The third-order valence-corrected chi connectivity index (χ3v) is 4.05. The lowest BCUT2D eigenvalue weighted by Gasteiger charge is -2.13. The van der Waals surface area contributed by atoms with Gasteiger partial charge in [-0.15, -0.1) is 0 Å². The van der Waals surface area contributed by atoms with Gasteiger partial charge in [0.05, 0.1) is 6.61 Å². The first-order valence-corrected chi connectivity index (χ1v) is 6.22. The third-order valence-electron chi connectivity index (χ3n) is 2.86. The van der Waals surface area contributed by atoms with Crippen LogP contribution in [0.15, 0.2) is 18.2 Å². The van der Waals surface area contributed by atoms with E-state index in [9.17, 15) is 4.39 Å². The summed E-state index contributed by atoms with van der Waals surface area (Å²) >= 11 is 3.47. The van der Waals surface area contributed by atoms with Gasteiger partial charge in [-0.05, 0) is 37.5 Å². The Bertz CT molecular complexity index is 361. The zero-order valence-corrected chi connectivity index (χ0v) is 10.3. The summed E-state index contributed by atoms with van der Waals surface area (Å²) in [4.78, 5) is 0. The van der Waals surface area contributed by atoms with Gasteiger partial charge in [0.1, 0.15) is 0 Å². The Kier molecular flexibility index (Phi) is 3.01. The zero-order valence-electron chi connectivity index (χ0n) is 8.72. The molecule has 0 atom stereocenters. The average Bonchev–Trinajstić information content (AvgIpc) is 3.00. The van der Waals surface area contributed by atoms with Gasteiger partial charge in [0.2, 0.25) is 0 Å². The van der Waals surface area contributed by atoms with E-state index in [-0.39, 0.29) is 11.2 Å². The molecule has 1 aliphatic carbocycles. The molecule has 0 bridgehead atoms. The lowest BCUT2D eigenvalue weighted by molar-refractivity contribution is 0.241. The van der Waals surface area contributed by atoms with E-state index in [0.717, 1.165) is 10.9 Å². The molecule has 15 heavy (non-hydrogen) atoms. The van der Waals surface area contributed by atoms with Crippen molar-refractivity contribution in [1.29, 1.82) is 0 Å². The number of benzene rings is 1. The molecule has 1 aliphatic rings. The molecule has 0 aromatic heterocycles. The molecule has 82 valence electrons. The number of aryl methyl sites for hydroxylation is 1. The summed E-state index contributed by atoms with van der Waals surface area (Å²) in [5, 5.41) is 0.938. The second kappa shape index (κ2) is 4.12. The molecule has 0 heterocycles. The maximum atomic E-state index is 13.3. The first-order chi connectivity index (χ1) is 7.15. The lowest BCUT2D eigenvalue weighted by Crippen LogP contribution is -2.14.